The molecule has 2 aliphatic rings. The van der Waals surface area contributed by atoms with Crippen LogP contribution in [-0.2, 0) is 0 Å². The summed E-state index contributed by atoms with van der Waals surface area (Å²) in [4.78, 5) is 0. The standard InChI is InChI=1S/C19H29NO/c1-13(2)12-20-17-11-19(7-5-6-8-19)21-18-10-15(4)14(3)9-16(17)18/h9-10,13,17,20H,5-8,11-12H2,1-4H3. The smallest absolute Gasteiger partial charge is 0.125 e. The van der Waals surface area contributed by atoms with E-state index < -0.39 is 0 Å². The lowest BCUT2D eigenvalue weighted by Crippen LogP contribution is -2.42. The van der Waals surface area contributed by atoms with Crippen LogP contribution in [-0.4, -0.2) is 12.1 Å². The highest BCUT2D eigenvalue weighted by atomic mass is 16.5. The van der Waals surface area contributed by atoms with Crippen LogP contribution in [0.1, 0.15) is 68.7 Å². The van der Waals surface area contributed by atoms with E-state index in [2.05, 4.69) is 45.1 Å². The topological polar surface area (TPSA) is 21.3 Å². The molecule has 0 amide bonds. The Labute approximate surface area is 129 Å². The first kappa shape index (κ1) is 14.9. The molecule has 1 spiro atoms. The number of rotatable bonds is 3. The molecule has 1 unspecified atom stereocenters. The predicted molar refractivity (Wildman–Crippen MR) is 87.9 cm³/mol. The highest BCUT2D eigenvalue weighted by Gasteiger charge is 2.43. The summed E-state index contributed by atoms with van der Waals surface area (Å²) in [5.74, 6) is 1.81. The number of aryl methyl sites for hydroxylation is 2. The second-order valence-electron chi connectivity index (χ2n) is 7.53. The van der Waals surface area contributed by atoms with Crippen LogP contribution in [0.25, 0.3) is 0 Å². The van der Waals surface area contributed by atoms with Crippen LogP contribution in [0.15, 0.2) is 12.1 Å². The fraction of sp³-hybridized carbons (Fsp3) is 0.684. The lowest BCUT2D eigenvalue weighted by molar-refractivity contribution is 0.0362. The van der Waals surface area contributed by atoms with Gasteiger partial charge in [0.05, 0.1) is 0 Å². The highest BCUT2D eigenvalue weighted by molar-refractivity contribution is 5.45. The minimum Gasteiger partial charge on any atom is -0.487 e. The number of hydrogen-bond acceptors (Lipinski definition) is 2. The Morgan fingerprint density at radius 2 is 1.86 bits per heavy atom. The van der Waals surface area contributed by atoms with Gasteiger partial charge in [0.15, 0.2) is 0 Å². The summed E-state index contributed by atoms with van der Waals surface area (Å²) in [6.07, 6.45) is 6.21. The minimum absolute atomic E-state index is 0.101. The van der Waals surface area contributed by atoms with E-state index in [9.17, 15) is 0 Å². The van der Waals surface area contributed by atoms with Gasteiger partial charge in [0.1, 0.15) is 11.4 Å². The van der Waals surface area contributed by atoms with Crippen LogP contribution >= 0.6 is 0 Å². The number of hydrogen-bond donors (Lipinski definition) is 1. The van der Waals surface area contributed by atoms with E-state index in [0.717, 1.165) is 18.7 Å². The Morgan fingerprint density at radius 1 is 1.19 bits per heavy atom. The molecule has 2 heteroatoms. The Balaban J connectivity index is 1.93. The summed E-state index contributed by atoms with van der Waals surface area (Å²) in [7, 11) is 0. The van der Waals surface area contributed by atoms with Crippen LogP contribution in [0, 0.1) is 19.8 Å². The third-order valence-electron chi connectivity index (χ3n) is 5.19. The van der Waals surface area contributed by atoms with Crippen molar-refractivity contribution in [3.8, 4) is 5.75 Å². The molecule has 116 valence electrons. The van der Waals surface area contributed by atoms with Crippen molar-refractivity contribution in [2.75, 3.05) is 6.54 Å². The zero-order valence-electron chi connectivity index (χ0n) is 14.0. The van der Waals surface area contributed by atoms with Gasteiger partial charge in [-0.25, -0.2) is 0 Å². The van der Waals surface area contributed by atoms with E-state index in [0.29, 0.717) is 12.0 Å². The fourth-order valence-corrected chi connectivity index (χ4v) is 3.82. The minimum atomic E-state index is 0.101. The molecule has 1 aliphatic heterocycles. The van der Waals surface area contributed by atoms with Gasteiger partial charge in [-0.2, -0.15) is 0 Å². The lowest BCUT2D eigenvalue weighted by Gasteiger charge is -2.41. The van der Waals surface area contributed by atoms with Crippen molar-refractivity contribution in [1.82, 2.24) is 5.32 Å². The van der Waals surface area contributed by atoms with Gasteiger partial charge in [-0.1, -0.05) is 19.9 Å². The van der Waals surface area contributed by atoms with Gasteiger partial charge in [0.25, 0.3) is 0 Å². The zero-order valence-corrected chi connectivity index (χ0v) is 14.0. The summed E-state index contributed by atoms with van der Waals surface area (Å²) in [5, 5.41) is 3.80. The van der Waals surface area contributed by atoms with Crippen molar-refractivity contribution in [3.63, 3.8) is 0 Å². The zero-order chi connectivity index (χ0) is 15.0. The Morgan fingerprint density at radius 3 is 2.52 bits per heavy atom. The quantitative estimate of drug-likeness (QED) is 0.871. The van der Waals surface area contributed by atoms with Gasteiger partial charge in [-0.3, -0.25) is 0 Å². The van der Waals surface area contributed by atoms with E-state index in [1.165, 1.54) is 42.4 Å². The Hall–Kier alpha value is -1.02. The molecule has 21 heavy (non-hydrogen) atoms. The molecule has 1 aliphatic carbocycles. The SMILES string of the molecule is Cc1cc2c(cc1C)C(NCC(C)C)CC1(CCCC1)O2. The average molecular weight is 287 g/mol. The first-order valence-corrected chi connectivity index (χ1v) is 8.53. The van der Waals surface area contributed by atoms with Crippen molar-refractivity contribution in [1.29, 1.82) is 0 Å². The highest BCUT2D eigenvalue weighted by Crippen LogP contribution is 2.47. The summed E-state index contributed by atoms with van der Waals surface area (Å²) in [6.45, 7) is 10.0. The van der Waals surface area contributed by atoms with E-state index in [1.807, 2.05) is 0 Å². The second-order valence-corrected chi connectivity index (χ2v) is 7.53. The number of ether oxygens (including phenoxy) is 1. The Kier molecular flexibility index (Phi) is 4.00. The van der Waals surface area contributed by atoms with Crippen LogP contribution in [0.4, 0.5) is 0 Å². The van der Waals surface area contributed by atoms with E-state index in [4.69, 9.17) is 4.74 Å². The molecular weight excluding hydrogens is 258 g/mol. The van der Waals surface area contributed by atoms with Gasteiger partial charge in [-0.15, -0.1) is 0 Å². The van der Waals surface area contributed by atoms with Crippen molar-refractivity contribution in [2.45, 2.75) is 71.4 Å². The summed E-state index contributed by atoms with van der Waals surface area (Å²) < 4.78 is 6.51. The summed E-state index contributed by atoms with van der Waals surface area (Å²) in [6, 6.07) is 5.05. The molecule has 1 heterocycles. The molecular formula is C19H29NO. The van der Waals surface area contributed by atoms with E-state index >= 15 is 0 Å². The van der Waals surface area contributed by atoms with Gasteiger partial charge in [0.2, 0.25) is 0 Å². The molecule has 0 radical (unpaired) electrons. The molecule has 1 atom stereocenters. The van der Waals surface area contributed by atoms with Gasteiger partial charge < -0.3 is 10.1 Å². The number of nitrogens with one attached hydrogen (secondary N) is 1. The third-order valence-corrected chi connectivity index (χ3v) is 5.19. The Bertz CT molecular complexity index is 515. The van der Waals surface area contributed by atoms with Crippen molar-refractivity contribution < 1.29 is 4.74 Å². The summed E-state index contributed by atoms with van der Waals surface area (Å²) >= 11 is 0. The van der Waals surface area contributed by atoms with Gasteiger partial charge in [0, 0.05) is 18.0 Å². The normalized spacial score (nSPS) is 23.4. The molecule has 1 saturated carbocycles. The van der Waals surface area contributed by atoms with Crippen molar-refractivity contribution >= 4 is 0 Å². The monoisotopic (exact) mass is 287 g/mol. The van der Waals surface area contributed by atoms with Crippen LogP contribution in [0.2, 0.25) is 0 Å². The average Bonchev–Trinajstić information content (AvgIpc) is 2.86. The second kappa shape index (κ2) is 5.64. The van der Waals surface area contributed by atoms with E-state index in [-0.39, 0.29) is 5.60 Å². The van der Waals surface area contributed by atoms with Crippen LogP contribution < -0.4 is 10.1 Å². The molecule has 0 aromatic heterocycles. The van der Waals surface area contributed by atoms with Gasteiger partial charge >= 0.3 is 0 Å². The van der Waals surface area contributed by atoms with Crippen molar-refractivity contribution in [3.05, 3.63) is 28.8 Å². The molecule has 1 N–H and O–H groups in total. The summed E-state index contributed by atoms with van der Waals surface area (Å²) in [5.41, 5.74) is 4.18. The first-order valence-electron chi connectivity index (χ1n) is 8.53. The van der Waals surface area contributed by atoms with Gasteiger partial charge in [-0.05, 0) is 69.2 Å². The first-order chi connectivity index (χ1) is 9.99. The maximum Gasteiger partial charge on any atom is 0.125 e. The molecule has 1 fully saturated rings. The third kappa shape index (κ3) is 2.96. The molecule has 3 rings (SSSR count). The van der Waals surface area contributed by atoms with Crippen LogP contribution in [0.5, 0.6) is 5.75 Å². The fourth-order valence-electron chi connectivity index (χ4n) is 3.82. The van der Waals surface area contributed by atoms with Crippen LogP contribution in [0.3, 0.4) is 0 Å². The molecule has 2 nitrogen and oxygen atoms in total. The molecule has 1 aromatic rings. The lowest BCUT2D eigenvalue weighted by atomic mass is 9.84. The van der Waals surface area contributed by atoms with E-state index in [1.54, 1.807) is 0 Å². The largest absolute Gasteiger partial charge is 0.487 e. The van der Waals surface area contributed by atoms with Crippen molar-refractivity contribution in [2.24, 2.45) is 5.92 Å². The maximum atomic E-state index is 6.51. The number of benzene rings is 1. The predicted octanol–water partition coefficient (Wildman–Crippen LogP) is 4.69. The molecule has 1 aromatic carbocycles. The molecule has 0 saturated heterocycles. The maximum absolute atomic E-state index is 6.51. The molecule has 0 bridgehead atoms. The number of fused-ring (bicyclic) bond motifs is 1.